The van der Waals surface area contributed by atoms with E-state index in [4.69, 9.17) is 13.6 Å². The van der Waals surface area contributed by atoms with Crippen LogP contribution in [0.3, 0.4) is 0 Å². The highest BCUT2D eigenvalue weighted by molar-refractivity contribution is 6.74. The second-order valence-corrected chi connectivity index (χ2v) is 20.4. The molecular weight excluding hydrogens is 356 g/mol. The lowest BCUT2D eigenvalue weighted by atomic mass is 10.1. The van der Waals surface area contributed by atoms with Crippen molar-refractivity contribution in [3.63, 3.8) is 0 Å². The van der Waals surface area contributed by atoms with Gasteiger partial charge in [-0.1, -0.05) is 47.6 Å². The van der Waals surface area contributed by atoms with Gasteiger partial charge in [-0.3, -0.25) is 0 Å². The van der Waals surface area contributed by atoms with Crippen LogP contribution < -0.4 is 0 Å². The smallest absolute Gasteiger partial charge is 0.192 e. The minimum Gasteiger partial charge on any atom is -0.417 e. The number of hydrogen-bond acceptors (Lipinski definition) is 3. The van der Waals surface area contributed by atoms with Crippen LogP contribution in [0, 0.1) is 0 Å². The second-order valence-electron chi connectivity index (χ2n) is 10.9. The van der Waals surface area contributed by atoms with Gasteiger partial charge in [0.25, 0.3) is 0 Å². The van der Waals surface area contributed by atoms with Crippen LogP contribution in [0.1, 0.15) is 60.8 Å². The van der Waals surface area contributed by atoms with Gasteiger partial charge in [0, 0.05) is 13.0 Å². The lowest BCUT2D eigenvalue weighted by Gasteiger charge is -2.40. The highest BCUT2D eigenvalue weighted by Crippen LogP contribution is 2.41. The molecule has 1 heterocycles. The van der Waals surface area contributed by atoms with Gasteiger partial charge in [0.2, 0.25) is 0 Å². The molecule has 5 heteroatoms. The third kappa shape index (κ3) is 6.30. The summed E-state index contributed by atoms with van der Waals surface area (Å²) in [5, 5.41) is 0.456. The molecule has 154 valence electrons. The molecule has 3 nitrogen and oxygen atoms in total. The Morgan fingerprint density at radius 2 is 1.54 bits per heavy atom. The Labute approximate surface area is 165 Å². The second kappa shape index (κ2) is 8.60. The van der Waals surface area contributed by atoms with Gasteiger partial charge in [-0.25, -0.2) is 0 Å². The third-order valence-electron chi connectivity index (χ3n) is 6.63. The van der Waals surface area contributed by atoms with Gasteiger partial charge in [-0.2, -0.15) is 0 Å². The summed E-state index contributed by atoms with van der Waals surface area (Å²) >= 11 is 0. The van der Waals surface area contributed by atoms with Gasteiger partial charge in [0.1, 0.15) is 0 Å². The van der Waals surface area contributed by atoms with E-state index in [9.17, 15) is 0 Å². The van der Waals surface area contributed by atoms with E-state index < -0.39 is 16.6 Å². The SMILES string of the molecule is C=CCC1C[C@H](O[Si](C)(C)C(C)(C)C)[C@@H](CCO[Si](C)(C)C(C)(C)C)O1. The average Bonchev–Trinajstić information content (AvgIpc) is 2.77. The lowest BCUT2D eigenvalue weighted by molar-refractivity contribution is 0.00206. The van der Waals surface area contributed by atoms with Crippen molar-refractivity contribution >= 4 is 16.6 Å². The van der Waals surface area contributed by atoms with E-state index in [1.54, 1.807) is 0 Å². The van der Waals surface area contributed by atoms with E-state index in [1.807, 2.05) is 6.08 Å². The van der Waals surface area contributed by atoms with Crippen LogP contribution >= 0.6 is 0 Å². The first-order chi connectivity index (χ1) is 11.6. The van der Waals surface area contributed by atoms with E-state index in [1.165, 1.54) is 0 Å². The molecule has 26 heavy (non-hydrogen) atoms. The van der Waals surface area contributed by atoms with Gasteiger partial charge in [-0.15, -0.1) is 6.58 Å². The normalized spacial score (nSPS) is 25.5. The molecule has 0 amide bonds. The number of rotatable bonds is 8. The summed E-state index contributed by atoms with van der Waals surface area (Å²) in [5.41, 5.74) is 0. The quantitative estimate of drug-likeness (QED) is 0.343. The first-order valence-corrected chi connectivity index (χ1v) is 16.0. The first-order valence-electron chi connectivity index (χ1n) is 10.2. The molecule has 1 saturated heterocycles. The molecule has 1 aliphatic heterocycles. The zero-order valence-electron chi connectivity index (χ0n) is 19.1. The van der Waals surface area contributed by atoms with Gasteiger partial charge >= 0.3 is 0 Å². The molecule has 0 N–H and O–H groups in total. The zero-order valence-corrected chi connectivity index (χ0v) is 21.1. The van der Waals surface area contributed by atoms with E-state index >= 15 is 0 Å². The maximum atomic E-state index is 6.74. The molecule has 0 saturated carbocycles. The monoisotopic (exact) mass is 400 g/mol. The van der Waals surface area contributed by atoms with Crippen LogP contribution in [-0.4, -0.2) is 41.6 Å². The molecule has 0 aromatic heterocycles. The Hall–Kier alpha value is 0.0538. The number of hydrogen-bond donors (Lipinski definition) is 0. The summed E-state index contributed by atoms with van der Waals surface area (Å²) < 4.78 is 19.5. The Kier molecular flexibility index (Phi) is 7.97. The van der Waals surface area contributed by atoms with Gasteiger partial charge in [0.05, 0.1) is 18.3 Å². The molecule has 0 aromatic carbocycles. The van der Waals surface area contributed by atoms with Crippen molar-refractivity contribution in [1.82, 2.24) is 0 Å². The predicted octanol–water partition coefficient (Wildman–Crippen LogP) is 6.52. The Morgan fingerprint density at radius 1 is 1.00 bits per heavy atom. The topological polar surface area (TPSA) is 27.7 Å². The van der Waals surface area contributed by atoms with Crippen LogP contribution in [0.5, 0.6) is 0 Å². The van der Waals surface area contributed by atoms with Crippen LogP contribution in [0.4, 0.5) is 0 Å². The zero-order chi connectivity index (χ0) is 20.4. The van der Waals surface area contributed by atoms with E-state index in [0.29, 0.717) is 0 Å². The largest absolute Gasteiger partial charge is 0.417 e. The molecular formula is C21H44O3Si2. The fraction of sp³-hybridized carbons (Fsp3) is 0.905. The molecule has 0 bridgehead atoms. The average molecular weight is 401 g/mol. The highest BCUT2D eigenvalue weighted by Gasteiger charge is 2.44. The molecule has 1 unspecified atom stereocenters. The van der Waals surface area contributed by atoms with Gasteiger partial charge in [0.15, 0.2) is 16.6 Å². The summed E-state index contributed by atoms with van der Waals surface area (Å²) in [6, 6.07) is 0. The van der Waals surface area contributed by atoms with Crippen molar-refractivity contribution in [1.29, 1.82) is 0 Å². The van der Waals surface area contributed by atoms with Crippen LogP contribution in [0.15, 0.2) is 12.7 Å². The minimum atomic E-state index is -1.81. The summed E-state index contributed by atoms with van der Waals surface area (Å²) in [4.78, 5) is 0. The molecule has 1 fully saturated rings. The van der Waals surface area contributed by atoms with Gasteiger partial charge in [-0.05, 0) is 49.1 Å². The van der Waals surface area contributed by atoms with E-state index in [0.717, 1.165) is 25.9 Å². The maximum absolute atomic E-state index is 6.74. The first kappa shape index (κ1) is 24.1. The van der Waals surface area contributed by atoms with Crippen LogP contribution in [0.2, 0.25) is 36.3 Å². The Morgan fingerprint density at radius 3 is 2.00 bits per heavy atom. The van der Waals surface area contributed by atoms with Crippen molar-refractivity contribution in [3.05, 3.63) is 12.7 Å². The minimum absolute atomic E-state index is 0.138. The summed E-state index contributed by atoms with van der Waals surface area (Å²) in [6.45, 7) is 27.7. The van der Waals surface area contributed by atoms with E-state index in [2.05, 4.69) is 74.3 Å². The predicted molar refractivity (Wildman–Crippen MR) is 118 cm³/mol. The molecule has 1 aliphatic rings. The number of ether oxygens (including phenoxy) is 1. The lowest BCUT2D eigenvalue weighted by Crippen LogP contribution is -2.46. The molecule has 0 aliphatic carbocycles. The summed E-state index contributed by atoms with van der Waals surface area (Å²) in [5.74, 6) is 0. The molecule has 1 rings (SSSR count). The fourth-order valence-electron chi connectivity index (χ4n) is 2.72. The fourth-order valence-corrected chi connectivity index (χ4v) is 5.14. The van der Waals surface area contributed by atoms with Crippen molar-refractivity contribution < 1.29 is 13.6 Å². The Balaban J connectivity index is 2.74. The van der Waals surface area contributed by atoms with Crippen molar-refractivity contribution in [3.8, 4) is 0 Å². The highest BCUT2D eigenvalue weighted by atomic mass is 28.4. The van der Waals surface area contributed by atoms with E-state index in [-0.39, 0.29) is 28.4 Å². The molecule has 3 atom stereocenters. The van der Waals surface area contributed by atoms with Crippen LogP contribution in [-0.2, 0) is 13.6 Å². The van der Waals surface area contributed by atoms with Gasteiger partial charge < -0.3 is 13.6 Å². The summed E-state index contributed by atoms with van der Waals surface area (Å²) in [7, 11) is -3.52. The Bertz CT molecular complexity index is 461. The summed E-state index contributed by atoms with van der Waals surface area (Å²) in [6.07, 6.45) is 5.31. The molecule has 0 aromatic rings. The van der Waals surface area contributed by atoms with Crippen molar-refractivity contribution in [2.75, 3.05) is 6.61 Å². The third-order valence-corrected chi connectivity index (χ3v) is 15.7. The molecule has 0 radical (unpaired) electrons. The van der Waals surface area contributed by atoms with Crippen LogP contribution in [0.25, 0.3) is 0 Å². The van der Waals surface area contributed by atoms with Crippen molar-refractivity contribution in [2.24, 2.45) is 0 Å². The standard InChI is InChI=1S/C21H44O3Si2/c1-12-13-17-16-19(24-26(10,11)21(5,6)7)18(23-17)14-15-22-25(8,9)20(2,3)4/h12,17-19H,1,13-16H2,2-11H3/t17?,18-,19+/m1/s1. The maximum Gasteiger partial charge on any atom is 0.192 e. The van der Waals surface area contributed by atoms with Crippen molar-refractivity contribution in [2.45, 2.75) is 115 Å². The molecule has 0 spiro atoms.